The van der Waals surface area contributed by atoms with Crippen LogP contribution in [-0.4, -0.2) is 23.5 Å². The number of carbonyl (C=O) groups excluding carboxylic acids is 2. The van der Waals surface area contributed by atoms with Crippen LogP contribution in [0.5, 0.6) is 0 Å². The van der Waals surface area contributed by atoms with Gasteiger partial charge in [0, 0.05) is 18.6 Å². The van der Waals surface area contributed by atoms with Crippen molar-refractivity contribution in [1.82, 2.24) is 0 Å². The molecule has 0 aliphatic carbocycles. The van der Waals surface area contributed by atoms with Crippen molar-refractivity contribution in [3.05, 3.63) is 35.9 Å². The highest BCUT2D eigenvalue weighted by molar-refractivity contribution is 6.00. The molecule has 0 unspecified atom stereocenters. The molecule has 0 bridgehead atoms. The van der Waals surface area contributed by atoms with Gasteiger partial charge < -0.3 is 9.90 Å². The molecule has 1 aromatic carbocycles. The standard InChI is InChI=1S/C14H17NO3/c1-10(8-11(2)16)15-13(14(17)18)9-12-6-4-3-5-7-12/h3-7,13H,8-9H2,1-2H3,(H,17,18)/p-1/t13-/m0/s1. The Bertz CT molecular complexity index is 451. The fourth-order valence-corrected chi connectivity index (χ4v) is 1.69. The second kappa shape index (κ2) is 6.69. The molecule has 0 aromatic heterocycles. The van der Waals surface area contributed by atoms with Gasteiger partial charge in [0.15, 0.2) is 0 Å². The van der Waals surface area contributed by atoms with E-state index in [2.05, 4.69) is 4.99 Å². The summed E-state index contributed by atoms with van der Waals surface area (Å²) in [5.74, 6) is -1.25. The third kappa shape index (κ3) is 4.91. The number of benzene rings is 1. The minimum Gasteiger partial charge on any atom is -0.548 e. The minimum atomic E-state index is -1.22. The van der Waals surface area contributed by atoms with Gasteiger partial charge in [0.1, 0.15) is 5.78 Å². The fourth-order valence-electron chi connectivity index (χ4n) is 1.69. The van der Waals surface area contributed by atoms with Gasteiger partial charge in [-0.15, -0.1) is 0 Å². The zero-order chi connectivity index (χ0) is 13.5. The van der Waals surface area contributed by atoms with Gasteiger partial charge in [-0.1, -0.05) is 30.3 Å². The van der Waals surface area contributed by atoms with E-state index >= 15 is 0 Å². The van der Waals surface area contributed by atoms with E-state index in [0.29, 0.717) is 5.71 Å². The number of carbonyl (C=O) groups is 2. The van der Waals surface area contributed by atoms with Crippen LogP contribution < -0.4 is 5.11 Å². The highest BCUT2D eigenvalue weighted by atomic mass is 16.4. The van der Waals surface area contributed by atoms with Crippen molar-refractivity contribution in [3.63, 3.8) is 0 Å². The number of carboxylic acid groups (broad SMARTS) is 1. The highest BCUT2D eigenvalue weighted by Crippen LogP contribution is 2.06. The van der Waals surface area contributed by atoms with Gasteiger partial charge in [0.25, 0.3) is 0 Å². The van der Waals surface area contributed by atoms with Gasteiger partial charge in [0.05, 0.1) is 12.0 Å². The Hall–Kier alpha value is -1.97. The number of nitrogens with zero attached hydrogens (tertiary/aromatic N) is 1. The molecular weight excluding hydrogens is 230 g/mol. The lowest BCUT2D eigenvalue weighted by Gasteiger charge is -2.15. The molecule has 1 aromatic rings. The summed E-state index contributed by atoms with van der Waals surface area (Å²) in [5, 5.41) is 11.0. The molecule has 4 nitrogen and oxygen atoms in total. The molecule has 1 rings (SSSR count). The van der Waals surface area contributed by atoms with Crippen LogP contribution in [0.15, 0.2) is 35.3 Å². The molecule has 18 heavy (non-hydrogen) atoms. The first-order chi connectivity index (χ1) is 8.49. The molecular formula is C14H16NO3-. The average molecular weight is 246 g/mol. The van der Waals surface area contributed by atoms with E-state index in [4.69, 9.17) is 0 Å². The van der Waals surface area contributed by atoms with Gasteiger partial charge in [-0.2, -0.15) is 0 Å². The van der Waals surface area contributed by atoms with Gasteiger partial charge in [-0.25, -0.2) is 0 Å². The van der Waals surface area contributed by atoms with Crippen LogP contribution in [0.4, 0.5) is 0 Å². The Morgan fingerprint density at radius 3 is 2.33 bits per heavy atom. The second-order valence-electron chi connectivity index (χ2n) is 4.27. The molecule has 4 heteroatoms. The largest absolute Gasteiger partial charge is 0.548 e. The molecule has 1 atom stereocenters. The summed E-state index contributed by atoms with van der Waals surface area (Å²) in [6.07, 6.45) is 0.455. The minimum absolute atomic E-state index is 0.0342. The summed E-state index contributed by atoms with van der Waals surface area (Å²) < 4.78 is 0. The summed E-state index contributed by atoms with van der Waals surface area (Å²) in [7, 11) is 0. The normalized spacial score (nSPS) is 13.1. The number of ketones is 1. The van der Waals surface area contributed by atoms with E-state index in [9.17, 15) is 14.7 Å². The van der Waals surface area contributed by atoms with Crippen LogP contribution in [0.1, 0.15) is 25.8 Å². The monoisotopic (exact) mass is 246 g/mol. The van der Waals surface area contributed by atoms with Crippen LogP contribution in [0.3, 0.4) is 0 Å². The summed E-state index contributed by atoms with van der Waals surface area (Å²) in [4.78, 5) is 26.0. The number of aliphatic carboxylic acids is 1. The van der Waals surface area contributed by atoms with Gasteiger partial charge in [-0.05, 0) is 19.4 Å². The molecule has 0 amide bonds. The van der Waals surface area contributed by atoms with Crippen molar-refractivity contribution >= 4 is 17.5 Å². The smallest absolute Gasteiger partial charge is 0.135 e. The Labute approximate surface area is 106 Å². The van der Waals surface area contributed by atoms with Crippen molar-refractivity contribution in [3.8, 4) is 0 Å². The SMILES string of the molecule is CC(=O)CC(C)=N[C@@H](Cc1ccccc1)C(=O)[O-]. The van der Waals surface area contributed by atoms with Crippen LogP contribution in [-0.2, 0) is 16.0 Å². The number of hydrogen-bond donors (Lipinski definition) is 0. The third-order valence-electron chi connectivity index (χ3n) is 2.42. The first-order valence-electron chi connectivity index (χ1n) is 5.76. The zero-order valence-electron chi connectivity index (χ0n) is 10.6. The molecule has 0 fully saturated rings. The lowest BCUT2D eigenvalue weighted by Crippen LogP contribution is -2.36. The number of rotatable bonds is 6. The molecule has 0 aliphatic rings. The first-order valence-corrected chi connectivity index (χ1v) is 5.76. The number of aliphatic imine (C=N–C) groups is 1. The Kier molecular flexibility index (Phi) is 5.24. The quantitative estimate of drug-likeness (QED) is 0.697. The van der Waals surface area contributed by atoms with Gasteiger partial charge in [-0.3, -0.25) is 9.79 Å². The summed E-state index contributed by atoms with van der Waals surface area (Å²) in [6, 6.07) is 8.28. The van der Waals surface area contributed by atoms with E-state index in [1.54, 1.807) is 6.92 Å². The van der Waals surface area contributed by atoms with Crippen molar-refractivity contribution in [1.29, 1.82) is 0 Å². The Morgan fingerprint density at radius 2 is 1.83 bits per heavy atom. The molecule has 0 N–H and O–H groups in total. The zero-order valence-corrected chi connectivity index (χ0v) is 10.6. The van der Waals surface area contributed by atoms with Crippen LogP contribution in [0.25, 0.3) is 0 Å². The molecule has 0 saturated heterocycles. The predicted octanol–water partition coefficient (Wildman–Crippen LogP) is 0.788. The van der Waals surface area contributed by atoms with Gasteiger partial charge >= 0.3 is 0 Å². The molecule has 0 heterocycles. The molecule has 0 saturated carbocycles. The van der Waals surface area contributed by atoms with E-state index in [0.717, 1.165) is 5.56 Å². The maximum Gasteiger partial charge on any atom is 0.135 e. The lowest BCUT2D eigenvalue weighted by atomic mass is 10.1. The number of carboxylic acids is 1. The van der Waals surface area contributed by atoms with E-state index in [-0.39, 0.29) is 18.6 Å². The summed E-state index contributed by atoms with van der Waals surface area (Å²) in [5.41, 5.74) is 1.40. The topological polar surface area (TPSA) is 69.6 Å². The maximum absolute atomic E-state index is 11.0. The fraction of sp³-hybridized carbons (Fsp3) is 0.357. The number of Topliss-reactive ketones (excluding diaryl/α,β-unsaturated/α-hetero) is 1. The van der Waals surface area contributed by atoms with Crippen LogP contribution in [0.2, 0.25) is 0 Å². The molecule has 0 aliphatic heterocycles. The van der Waals surface area contributed by atoms with Crippen molar-refractivity contribution in [2.75, 3.05) is 0 Å². The van der Waals surface area contributed by atoms with E-state index in [1.807, 2.05) is 30.3 Å². The second-order valence-corrected chi connectivity index (χ2v) is 4.27. The molecule has 0 spiro atoms. The van der Waals surface area contributed by atoms with Crippen molar-refractivity contribution in [2.24, 2.45) is 4.99 Å². The highest BCUT2D eigenvalue weighted by Gasteiger charge is 2.10. The molecule has 0 radical (unpaired) electrons. The predicted molar refractivity (Wildman–Crippen MR) is 67.3 cm³/mol. The molecule has 96 valence electrons. The van der Waals surface area contributed by atoms with E-state index < -0.39 is 12.0 Å². The Balaban J connectivity index is 2.78. The number of hydrogen-bond acceptors (Lipinski definition) is 4. The van der Waals surface area contributed by atoms with E-state index in [1.165, 1.54) is 6.92 Å². The Morgan fingerprint density at radius 1 is 1.22 bits per heavy atom. The third-order valence-corrected chi connectivity index (χ3v) is 2.42. The van der Waals surface area contributed by atoms with Crippen LogP contribution >= 0.6 is 0 Å². The lowest BCUT2D eigenvalue weighted by molar-refractivity contribution is -0.307. The summed E-state index contributed by atoms with van der Waals surface area (Å²) >= 11 is 0. The van der Waals surface area contributed by atoms with Crippen molar-refractivity contribution in [2.45, 2.75) is 32.7 Å². The van der Waals surface area contributed by atoms with Crippen LogP contribution in [0, 0.1) is 0 Å². The average Bonchev–Trinajstić information content (AvgIpc) is 2.28. The first kappa shape index (κ1) is 14.1. The van der Waals surface area contributed by atoms with Crippen molar-refractivity contribution < 1.29 is 14.7 Å². The summed E-state index contributed by atoms with van der Waals surface area (Å²) in [6.45, 7) is 3.10. The van der Waals surface area contributed by atoms with Gasteiger partial charge in [0.2, 0.25) is 0 Å². The maximum atomic E-state index is 11.0.